The Bertz CT molecular complexity index is 949. The van der Waals surface area contributed by atoms with Gasteiger partial charge in [0.15, 0.2) is 6.10 Å². The molecule has 1 aromatic heterocycles. The highest BCUT2D eigenvalue weighted by Crippen LogP contribution is 2.32. The first-order chi connectivity index (χ1) is 13.3. The number of carbonyl (C=O) groups excluding carboxylic acids is 1. The molecule has 1 aliphatic heterocycles. The fraction of sp³-hybridized carbons (Fsp3) is 0.333. The second-order valence-electron chi connectivity index (χ2n) is 6.23. The summed E-state index contributed by atoms with van der Waals surface area (Å²) in [5.74, 6) is 0.0854. The number of aromatic nitrogens is 1. The van der Waals surface area contributed by atoms with Crippen LogP contribution in [-0.2, 0) is 14.8 Å². The molecule has 0 spiro atoms. The third-order valence-electron chi connectivity index (χ3n) is 4.39. The van der Waals surface area contributed by atoms with Gasteiger partial charge in [0, 0.05) is 38.6 Å². The number of amides is 1. The Labute approximate surface area is 173 Å². The Balaban J connectivity index is 1.61. The minimum atomic E-state index is -3.62. The molecule has 3 rings (SSSR count). The van der Waals surface area contributed by atoms with Crippen molar-refractivity contribution in [3.05, 3.63) is 52.8 Å². The highest BCUT2D eigenvalue weighted by molar-refractivity contribution is 7.89. The molecule has 1 unspecified atom stereocenters. The number of sulfonamides is 1. The lowest BCUT2D eigenvalue weighted by molar-refractivity contribution is -0.139. The van der Waals surface area contributed by atoms with Gasteiger partial charge >= 0.3 is 0 Å². The number of nitrogens with zero attached hydrogens (tertiary/aromatic N) is 3. The van der Waals surface area contributed by atoms with Crippen molar-refractivity contribution in [2.75, 3.05) is 26.2 Å². The van der Waals surface area contributed by atoms with Gasteiger partial charge in [0.1, 0.15) is 15.7 Å². The van der Waals surface area contributed by atoms with Gasteiger partial charge in [0.25, 0.3) is 5.91 Å². The van der Waals surface area contributed by atoms with E-state index in [1.54, 1.807) is 36.1 Å². The van der Waals surface area contributed by atoms with E-state index in [0.29, 0.717) is 10.8 Å². The molecule has 2 aromatic rings. The maximum Gasteiger partial charge on any atom is 0.263 e. The van der Waals surface area contributed by atoms with Crippen LogP contribution in [0.15, 0.2) is 47.6 Å². The van der Waals surface area contributed by atoms with Crippen molar-refractivity contribution in [1.29, 1.82) is 0 Å². The van der Waals surface area contributed by atoms with Crippen LogP contribution < -0.4 is 4.74 Å². The second kappa shape index (κ2) is 8.65. The molecule has 0 saturated carbocycles. The summed E-state index contributed by atoms with van der Waals surface area (Å²) in [7, 11) is -3.62. The van der Waals surface area contributed by atoms with Crippen LogP contribution in [0.4, 0.5) is 0 Å². The second-order valence-corrected chi connectivity index (χ2v) is 8.95. The minimum absolute atomic E-state index is 0.141. The summed E-state index contributed by atoms with van der Waals surface area (Å²) in [5, 5.41) is 0.587. The van der Waals surface area contributed by atoms with Crippen LogP contribution in [0.3, 0.4) is 0 Å². The molecule has 150 valence electrons. The fourth-order valence-electron chi connectivity index (χ4n) is 2.87. The molecule has 0 radical (unpaired) electrons. The zero-order valence-electron chi connectivity index (χ0n) is 15.1. The predicted molar refractivity (Wildman–Crippen MR) is 106 cm³/mol. The van der Waals surface area contributed by atoms with Gasteiger partial charge in [0.2, 0.25) is 10.0 Å². The van der Waals surface area contributed by atoms with E-state index in [0.717, 1.165) is 0 Å². The van der Waals surface area contributed by atoms with E-state index < -0.39 is 16.1 Å². The summed E-state index contributed by atoms with van der Waals surface area (Å²) in [5.41, 5.74) is 0. The lowest BCUT2D eigenvalue weighted by atomic mass is 10.2. The summed E-state index contributed by atoms with van der Waals surface area (Å²) >= 11 is 12.1. The SMILES string of the molecule is CC(Oc1cccc(Cl)c1Cl)C(=O)N1CCN(S(=O)(=O)c2cccnc2)CC1. The van der Waals surface area contributed by atoms with E-state index in [1.165, 1.54) is 22.8 Å². The highest BCUT2D eigenvalue weighted by Gasteiger charge is 2.32. The van der Waals surface area contributed by atoms with Crippen LogP contribution in [0.2, 0.25) is 10.0 Å². The molecule has 1 aliphatic rings. The molecule has 0 N–H and O–H groups in total. The van der Waals surface area contributed by atoms with Crippen molar-refractivity contribution < 1.29 is 17.9 Å². The molecule has 1 fully saturated rings. The first-order valence-electron chi connectivity index (χ1n) is 8.60. The van der Waals surface area contributed by atoms with Crippen LogP contribution in [0.1, 0.15) is 6.92 Å². The van der Waals surface area contributed by atoms with E-state index in [2.05, 4.69) is 4.98 Å². The smallest absolute Gasteiger partial charge is 0.263 e. The maximum absolute atomic E-state index is 12.7. The number of piperazine rings is 1. The van der Waals surface area contributed by atoms with Crippen LogP contribution >= 0.6 is 23.2 Å². The van der Waals surface area contributed by atoms with Gasteiger partial charge in [-0.2, -0.15) is 4.31 Å². The third kappa shape index (κ3) is 4.41. The van der Waals surface area contributed by atoms with E-state index in [-0.39, 0.29) is 42.0 Å². The lowest BCUT2D eigenvalue weighted by Crippen LogP contribution is -2.53. The average molecular weight is 444 g/mol. The van der Waals surface area contributed by atoms with Crippen molar-refractivity contribution in [2.45, 2.75) is 17.9 Å². The molecule has 1 atom stereocenters. The van der Waals surface area contributed by atoms with Gasteiger partial charge in [-0.15, -0.1) is 0 Å². The van der Waals surface area contributed by atoms with Gasteiger partial charge in [-0.05, 0) is 31.2 Å². The number of benzene rings is 1. The van der Waals surface area contributed by atoms with Crippen molar-refractivity contribution in [2.24, 2.45) is 0 Å². The molecule has 1 amide bonds. The number of ether oxygens (including phenoxy) is 1. The van der Waals surface area contributed by atoms with E-state index in [9.17, 15) is 13.2 Å². The van der Waals surface area contributed by atoms with E-state index in [4.69, 9.17) is 27.9 Å². The number of carbonyl (C=O) groups is 1. The first kappa shape index (κ1) is 20.9. The highest BCUT2D eigenvalue weighted by atomic mass is 35.5. The molecule has 28 heavy (non-hydrogen) atoms. The minimum Gasteiger partial charge on any atom is -0.479 e. The summed E-state index contributed by atoms with van der Waals surface area (Å²) in [6, 6.07) is 8.03. The maximum atomic E-state index is 12.7. The van der Waals surface area contributed by atoms with Gasteiger partial charge < -0.3 is 9.64 Å². The number of halogens is 2. The number of hydrogen-bond donors (Lipinski definition) is 0. The Morgan fingerprint density at radius 1 is 1.14 bits per heavy atom. The van der Waals surface area contributed by atoms with E-state index in [1.807, 2.05) is 0 Å². The van der Waals surface area contributed by atoms with Gasteiger partial charge in [0.05, 0.1) is 5.02 Å². The van der Waals surface area contributed by atoms with Crippen molar-refractivity contribution in [3.63, 3.8) is 0 Å². The molecule has 0 bridgehead atoms. The summed E-state index contributed by atoms with van der Waals surface area (Å²) in [6.07, 6.45) is 2.05. The Kier molecular flexibility index (Phi) is 6.44. The number of hydrogen-bond acceptors (Lipinski definition) is 5. The molecule has 1 saturated heterocycles. The predicted octanol–water partition coefficient (Wildman–Crippen LogP) is 2.69. The van der Waals surface area contributed by atoms with Gasteiger partial charge in [-0.25, -0.2) is 8.42 Å². The summed E-state index contributed by atoms with van der Waals surface area (Å²) in [6.45, 7) is 2.57. The molecule has 0 aliphatic carbocycles. The van der Waals surface area contributed by atoms with Crippen LogP contribution in [0.5, 0.6) is 5.75 Å². The summed E-state index contributed by atoms with van der Waals surface area (Å²) < 4.78 is 32.3. The third-order valence-corrected chi connectivity index (χ3v) is 7.07. The largest absolute Gasteiger partial charge is 0.479 e. The zero-order chi connectivity index (χ0) is 20.3. The van der Waals surface area contributed by atoms with Crippen LogP contribution in [0.25, 0.3) is 0 Å². The number of rotatable bonds is 5. The van der Waals surface area contributed by atoms with Crippen molar-refractivity contribution in [3.8, 4) is 5.75 Å². The van der Waals surface area contributed by atoms with Crippen molar-refractivity contribution >= 4 is 39.1 Å². The first-order valence-corrected chi connectivity index (χ1v) is 10.8. The molecule has 7 nitrogen and oxygen atoms in total. The lowest BCUT2D eigenvalue weighted by Gasteiger charge is -2.35. The molecular weight excluding hydrogens is 425 g/mol. The quantitative estimate of drug-likeness (QED) is 0.709. The van der Waals surface area contributed by atoms with Crippen molar-refractivity contribution in [1.82, 2.24) is 14.2 Å². The van der Waals surface area contributed by atoms with Crippen LogP contribution in [0, 0.1) is 0 Å². The Morgan fingerprint density at radius 3 is 2.50 bits per heavy atom. The number of pyridine rings is 1. The van der Waals surface area contributed by atoms with Gasteiger partial charge in [-0.1, -0.05) is 29.3 Å². The molecule has 1 aromatic carbocycles. The summed E-state index contributed by atoms with van der Waals surface area (Å²) in [4.78, 5) is 18.3. The Hall–Kier alpha value is -1.87. The Morgan fingerprint density at radius 2 is 1.86 bits per heavy atom. The van der Waals surface area contributed by atoms with Gasteiger partial charge in [-0.3, -0.25) is 9.78 Å². The standard InChI is InChI=1S/C18H19Cl2N3O4S/c1-13(27-16-6-2-5-15(19)17(16)20)18(24)22-8-10-23(11-9-22)28(25,26)14-4-3-7-21-12-14/h2-7,12-13H,8-11H2,1H3. The topological polar surface area (TPSA) is 79.8 Å². The fourth-order valence-corrected chi connectivity index (χ4v) is 4.59. The average Bonchev–Trinajstić information content (AvgIpc) is 2.71. The van der Waals surface area contributed by atoms with E-state index >= 15 is 0 Å². The molecular formula is C18H19Cl2N3O4S. The van der Waals surface area contributed by atoms with Crippen LogP contribution in [-0.4, -0.2) is 60.8 Å². The normalized spacial score (nSPS) is 16.6. The zero-order valence-corrected chi connectivity index (χ0v) is 17.4. The molecule has 10 heteroatoms. The molecule has 2 heterocycles. The monoisotopic (exact) mass is 443 g/mol.